The standard InChI is InChI=1S/C22H19ClFN3O/c1-13-10-14(2)25-22(28)21(13)18-12-20(15-6-5-7-16(23)11-15)27(26-18)19-9-4-3-8-17(19)24/h3-11,20H,12H2,1-2H3,(H,25,28)/t20-/m0/s1. The number of nitrogens with one attached hydrogen (secondary N) is 1. The molecule has 0 spiro atoms. The van der Waals surface area contributed by atoms with Gasteiger partial charge in [0.25, 0.3) is 5.56 Å². The number of hydrogen-bond donors (Lipinski definition) is 1. The number of rotatable bonds is 3. The van der Waals surface area contributed by atoms with Gasteiger partial charge >= 0.3 is 0 Å². The topological polar surface area (TPSA) is 48.5 Å². The lowest BCUT2D eigenvalue weighted by atomic mass is 9.96. The minimum Gasteiger partial charge on any atom is -0.326 e. The van der Waals surface area contributed by atoms with E-state index in [1.807, 2.05) is 38.1 Å². The van der Waals surface area contributed by atoms with Crippen LogP contribution >= 0.6 is 11.6 Å². The molecule has 2 heterocycles. The highest BCUT2D eigenvalue weighted by Crippen LogP contribution is 2.38. The van der Waals surface area contributed by atoms with Gasteiger partial charge in [-0.1, -0.05) is 35.9 Å². The number of aryl methyl sites for hydroxylation is 2. The Morgan fingerprint density at radius 3 is 2.64 bits per heavy atom. The van der Waals surface area contributed by atoms with Crippen LogP contribution in [0.2, 0.25) is 5.02 Å². The van der Waals surface area contributed by atoms with Crippen LogP contribution in [0.3, 0.4) is 0 Å². The van der Waals surface area contributed by atoms with Crippen molar-refractivity contribution < 1.29 is 4.39 Å². The molecule has 3 aromatic rings. The number of hydrogen-bond acceptors (Lipinski definition) is 3. The maximum atomic E-state index is 14.5. The summed E-state index contributed by atoms with van der Waals surface area (Å²) in [5, 5.41) is 6.92. The molecule has 0 bridgehead atoms. The fourth-order valence-electron chi connectivity index (χ4n) is 3.71. The average molecular weight is 396 g/mol. The summed E-state index contributed by atoms with van der Waals surface area (Å²) in [4.78, 5) is 15.4. The molecular weight excluding hydrogens is 377 g/mol. The van der Waals surface area contributed by atoms with Gasteiger partial charge in [0.05, 0.1) is 23.0 Å². The van der Waals surface area contributed by atoms with Crippen LogP contribution in [0.15, 0.2) is 64.5 Å². The maximum Gasteiger partial charge on any atom is 0.257 e. The van der Waals surface area contributed by atoms with Gasteiger partial charge in [0, 0.05) is 17.1 Å². The van der Waals surface area contributed by atoms with E-state index in [4.69, 9.17) is 11.6 Å². The van der Waals surface area contributed by atoms with Gasteiger partial charge in [0.2, 0.25) is 0 Å². The second kappa shape index (κ2) is 7.24. The summed E-state index contributed by atoms with van der Waals surface area (Å²) in [6, 6.07) is 15.6. The van der Waals surface area contributed by atoms with Crippen molar-refractivity contribution in [2.24, 2.45) is 5.10 Å². The van der Waals surface area contributed by atoms with Gasteiger partial charge in [-0.25, -0.2) is 4.39 Å². The van der Waals surface area contributed by atoms with Gasteiger partial charge in [-0.05, 0) is 55.3 Å². The Balaban J connectivity index is 1.86. The van der Waals surface area contributed by atoms with Crippen LogP contribution in [0.1, 0.15) is 34.8 Å². The van der Waals surface area contributed by atoms with Crippen LogP contribution in [0, 0.1) is 19.7 Å². The van der Waals surface area contributed by atoms with Crippen molar-refractivity contribution in [1.82, 2.24) is 4.98 Å². The molecule has 1 atom stereocenters. The highest BCUT2D eigenvalue weighted by Gasteiger charge is 2.33. The molecule has 0 radical (unpaired) electrons. The Kier molecular flexibility index (Phi) is 4.77. The molecule has 0 amide bonds. The third kappa shape index (κ3) is 3.34. The number of para-hydroxylation sites is 1. The van der Waals surface area contributed by atoms with Gasteiger partial charge in [0.15, 0.2) is 0 Å². The lowest BCUT2D eigenvalue weighted by Crippen LogP contribution is -2.20. The van der Waals surface area contributed by atoms with Crippen molar-refractivity contribution in [1.29, 1.82) is 0 Å². The molecule has 142 valence electrons. The fraction of sp³-hybridized carbons (Fsp3) is 0.182. The highest BCUT2D eigenvalue weighted by molar-refractivity contribution is 6.30. The van der Waals surface area contributed by atoms with E-state index in [0.29, 0.717) is 28.4 Å². The summed E-state index contributed by atoms with van der Waals surface area (Å²) >= 11 is 6.18. The molecule has 1 N–H and O–H groups in total. The van der Waals surface area contributed by atoms with E-state index in [1.54, 1.807) is 29.3 Å². The maximum absolute atomic E-state index is 14.5. The minimum absolute atomic E-state index is 0.184. The average Bonchev–Trinajstić information content (AvgIpc) is 3.06. The lowest BCUT2D eigenvalue weighted by molar-refractivity contribution is 0.606. The summed E-state index contributed by atoms with van der Waals surface area (Å²) in [6.45, 7) is 3.73. The third-order valence-corrected chi connectivity index (χ3v) is 5.13. The Morgan fingerprint density at radius 1 is 1.14 bits per heavy atom. The molecule has 28 heavy (non-hydrogen) atoms. The molecule has 0 aliphatic carbocycles. The Hall–Kier alpha value is -2.92. The van der Waals surface area contributed by atoms with E-state index in [2.05, 4.69) is 10.1 Å². The van der Waals surface area contributed by atoms with Crippen molar-refractivity contribution in [2.45, 2.75) is 26.3 Å². The van der Waals surface area contributed by atoms with Gasteiger partial charge < -0.3 is 4.98 Å². The van der Waals surface area contributed by atoms with E-state index < -0.39 is 0 Å². The largest absolute Gasteiger partial charge is 0.326 e. The van der Waals surface area contributed by atoms with E-state index in [0.717, 1.165) is 16.8 Å². The Morgan fingerprint density at radius 2 is 1.93 bits per heavy atom. The van der Waals surface area contributed by atoms with Crippen molar-refractivity contribution in [3.05, 3.63) is 98.2 Å². The second-order valence-electron chi connectivity index (χ2n) is 6.96. The first-order valence-electron chi connectivity index (χ1n) is 9.01. The van der Waals surface area contributed by atoms with E-state index >= 15 is 0 Å². The number of anilines is 1. The highest BCUT2D eigenvalue weighted by atomic mass is 35.5. The molecule has 0 saturated carbocycles. The van der Waals surface area contributed by atoms with Crippen molar-refractivity contribution in [2.75, 3.05) is 5.01 Å². The number of aromatic amines is 1. The zero-order valence-corrected chi connectivity index (χ0v) is 16.3. The number of halogens is 2. The quantitative estimate of drug-likeness (QED) is 0.667. The summed E-state index contributed by atoms with van der Waals surface area (Å²) in [5.74, 6) is -0.367. The normalized spacial score (nSPS) is 16.4. The number of nitrogens with zero attached hydrogens (tertiary/aromatic N) is 2. The SMILES string of the molecule is Cc1cc(C)c(C2=NN(c3ccccc3F)[C@H](c3cccc(Cl)c3)C2)c(=O)[nH]1. The van der Waals surface area contributed by atoms with Crippen LogP contribution in [-0.2, 0) is 0 Å². The number of pyridine rings is 1. The van der Waals surface area contributed by atoms with Crippen molar-refractivity contribution in [3.8, 4) is 0 Å². The number of hydrazone groups is 1. The van der Waals surface area contributed by atoms with Crippen molar-refractivity contribution >= 4 is 23.0 Å². The molecule has 2 aromatic carbocycles. The van der Waals surface area contributed by atoms with Gasteiger partial charge in [0.1, 0.15) is 5.82 Å². The number of aromatic nitrogens is 1. The lowest BCUT2D eigenvalue weighted by Gasteiger charge is -2.24. The van der Waals surface area contributed by atoms with Gasteiger partial charge in [-0.2, -0.15) is 5.10 Å². The van der Waals surface area contributed by atoms with E-state index in [-0.39, 0.29) is 17.4 Å². The predicted octanol–water partition coefficient (Wildman–Crippen LogP) is 5.14. The molecule has 0 saturated heterocycles. The molecule has 1 aliphatic rings. The van der Waals surface area contributed by atoms with E-state index in [9.17, 15) is 9.18 Å². The molecule has 0 fully saturated rings. The molecule has 0 unspecified atom stereocenters. The van der Waals surface area contributed by atoms with Crippen LogP contribution in [0.4, 0.5) is 10.1 Å². The van der Waals surface area contributed by atoms with Crippen LogP contribution in [-0.4, -0.2) is 10.7 Å². The fourth-order valence-corrected chi connectivity index (χ4v) is 3.91. The monoisotopic (exact) mass is 395 g/mol. The zero-order chi connectivity index (χ0) is 19.8. The molecular formula is C22H19ClFN3O. The number of H-pyrrole nitrogens is 1. The van der Waals surface area contributed by atoms with Gasteiger partial charge in [-0.15, -0.1) is 0 Å². The van der Waals surface area contributed by atoms with Crippen LogP contribution < -0.4 is 10.6 Å². The summed E-state index contributed by atoms with van der Waals surface area (Å²) < 4.78 is 14.5. The van der Waals surface area contributed by atoms with E-state index in [1.165, 1.54) is 6.07 Å². The Bertz CT molecular complexity index is 1140. The molecule has 4 nitrogen and oxygen atoms in total. The first-order valence-corrected chi connectivity index (χ1v) is 9.39. The van der Waals surface area contributed by atoms with Crippen LogP contribution in [0.25, 0.3) is 0 Å². The predicted molar refractivity (Wildman–Crippen MR) is 111 cm³/mol. The molecule has 4 rings (SSSR count). The first-order chi connectivity index (χ1) is 13.4. The zero-order valence-electron chi connectivity index (χ0n) is 15.5. The van der Waals surface area contributed by atoms with Crippen molar-refractivity contribution in [3.63, 3.8) is 0 Å². The van der Waals surface area contributed by atoms with Crippen LogP contribution in [0.5, 0.6) is 0 Å². The van der Waals surface area contributed by atoms with Gasteiger partial charge in [-0.3, -0.25) is 9.80 Å². The summed E-state index contributed by atoms with van der Waals surface area (Å²) in [6.07, 6.45) is 0.474. The molecule has 1 aliphatic heterocycles. The smallest absolute Gasteiger partial charge is 0.257 e. The summed E-state index contributed by atoms with van der Waals surface area (Å²) in [7, 11) is 0. The second-order valence-corrected chi connectivity index (χ2v) is 7.39. The Labute approximate surface area is 167 Å². The molecule has 1 aromatic heterocycles. The molecule has 6 heteroatoms. The summed E-state index contributed by atoms with van der Waals surface area (Å²) in [5.41, 5.74) is 3.90. The first kappa shape index (κ1) is 18.4. The minimum atomic E-state index is -0.367. The number of benzene rings is 2. The third-order valence-electron chi connectivity index (χ3n) is 4.90.